The van der Waals surface area contributed by atoms with Gasteiger partial charge in [0, 0.05) is 20.0 Å². The van der Waals surface area contributed by atoms with Gasteiger partial charge in [-0.15, -0.1) is 12.3 Å². The van der Waals surface area contributed by atoms with Gasteiger partial charge in [0.25, 0.3) is 0 Å². The summed E-state index contributed by atoms with van der Waals surface area (Å²) in [7, 11) is 1.68. The zero-order valence-electron chi connectivity index (χ0n) is 7.73. The van der Waals surface area contributed by atoms with Crippen LogP contribution in [0.2, 0.25) is 0 Å². The van der Waals surface area contributed by atoms with Gasteiger partial charge in [0.05, 0.1) is 0 Å². The maximum atomic E-state index is 10.5. The van der Waals surface area contributed by atoms with Crippen LogP contribution in [-0.2, 0) is 7.05 Å². The fourth-order valence-electron chi connectivity index (χ4n) is 1.01. The van der Waals surface area contributed by atoms with E-state index >= 15 is 0 Å². The van der Waals surface area contributed by atoms with Crippen molar-refractivity contribution in [2.24, 2.45) is 7.05 Å². The molecule has 0 spiro atoms. The third kappa shape index (κ3) is 2.01. The Balaban J connectivity index is 2.79. The first kappa shape index (κ1) is 10.1. The van der Waals surface area contributed by atoms with Gasteiger partial charge in [0.2, 0.25) is 12.1 Å². The SMILES string of the molecule is C#CCCNc1c([N+](=O)[O-])ncn1C. The number of hydrogen-bond donors (Lipinski definition) is 1. The van der Waals surface area contributed by atoms with Crippen molar-refractivity contribution in [1.82, 2.24) is 9.55 Å². The van der Waals surface area contributed by atoms with Gasteiger partial charge in [-0.1, -0.05) is 0 Å². The molecule has 1 heterocycles. The average Bonchev–Trinajstić information content (AvgIpc) is 2.48. The lowest BCUT2D eigenvalue weighted by Crippen LogP contribution is -2.06. The van der Waals surface area contributed by atoms with Crippen molar-refractivity contribution in [1.29, 1.82) is 0 Å². The summed E-state index contributed by atoms with van der Waals surface area (Å²) >= 11 is 0. The Labute approximate surface area is 81.1 Å². The van der Waals surface area contributed by atoms with Gasteiger partial charge in [-0.3, -0.25) is 4.57 Å². The number of nitro groups is 1. The van der Waals surface area contributed by atoms with Crippen LogP contribution in [-0.4, -0.2) is 21.0 Å². The molecule has 0 bridgehead atoms. The van der Waals surface area contributed by atoms with Crippen LogP contribution in [0.1, 0.15) is 6.42 Å². The van der Waals surface area contributed by atoms with Gasteiger partial charge < -0.3 is 15.4 Å². The van der Waals surface area contributed by atoms with E-state index < -0.39 is 4.92 Å². The van der Waals surface area contributed by atoms with Gasteiger partial charge in [-0.25, -0.2) is 0 Å². The normalized spacial score (nSPS) is 9.43. The van der Waals surface area contributed by atoms with Crippen LogP contribution in [0.3, 0.4) is 0 Å². The van der Waals surface area contributed by atoms with E-state index in [-0.39, 0.29) is 5.82 Å². The first-order valence-corrected chi connectivity index (χ1v) is 4.00. The second-order valence-corrected chi connectivity index (χ2v) is 2.67. The van der Waals surface area contributed by atoms with Crippen LogP contribution in [0.4, 0.5) is 11.6 Å². The third-order valence-corrected chi connectivity index (χ3v) is 1.65. The van der Waals surface area contributed by atoms with Crippen molar-refractivity contribution in [3.63, 3.8) is 0 Å². The fraction of sp³-hybridized carbons (Fsp3) is 0.375. The fourth-order valence-corrected chi connectivity index (χ4v) is 1.01. The highest BCUT2D eigenvalue weighted by atomic mass is 16.6. The van der Waals surface area contributed by atoms with E-state index in [0.29, 0.717) is 18.8 Å². The monoisotopic (exact) mass is 194 g/mol. The highest BCUT2D eigenvalue weighted by Gasteiger charge is 2.18. The minimum Gasteiger partial charge on any atom is -0.363 e. The molecular weight excluding hydrogens is 184 g/mol. The molecule has 1 aromatic rings. The van der Waals surface area contributed by atoms with Gasteiger partial charge in [0.1, 0.15) is 0 Å². The van der Waals surface area contributed by atoms with Crippen molar-refractivity contribution >= 4 is 11.6 Å². The Morgan fingerprint density at radius 3 is 3.14 bits per heavy atom. The number of aromatic nitrogens is 2. The molecule has 0 radical (unpaired) electrons. The van der Waals surface area contributed by atoms with Gasteiger partial charge in [-0.2, -0.15) is 0 Å². The van der Waals surface area contributed by atoms with E-state index in [2.05, 4.69) is 16.2 Å². The summed E-state index contributed by atoms with van der Waals surface area (Å²) in [6.07, 6.45) is 6.96. The van der Waals surface area contributed by atoms with Crippen LogP contribution in [0.25, 0.3) is 0 Å². The van der Waals surface area contributed by atoms with Gasteiger partial charge >= 0.3 is 5.82 Å². The number of rotatable bonds is 4. The first-order chi connectivity index (χ1) is 6.66. The standard InChI is InChI=1S/C8H10N4O2/c1-3-4-5-9-7-8(12(13)14)10-6-11(7)2/h1,6,9H,4-5H2,2H3. The topological polar surface area (TPSA) is 73.0 Å². The van der Waals surface area contributed by atoms with E-state index in [0.717, 1.165) is 0 Å². The average molecular weight is 194 g/mol. The Kier molecular flexibility index (Phi) is 3.07. The summed E-state index contributed by atoms with van der Waals surface area (Å²) in [5.41, 5.74) is 0. The van der Waals surface area contributed by atoms with E-state index in [1.165, 1.54) is 6.33 Å². The molecule has 0 amide bonds. The van der Waals surface area contributed by atoms with E-state index in [4.69, 9.17) is 6.42 Å². The molecule has 0 aromatic carbocycles. The van der Waals surface area contributed by atoms with Crippen molar-refractivity contribution < 1.29 is 4.92 Å². The Morgan fingerprint density at radius 2 is 2.57 bits per heavy atom. The van der Waals surface area contributed by atoms with Crippen LogP contribution < -0.4 is 5.32 Å². The lowest BCUT2D eigenvalue weighted by Gasteiger charge is -2.03. The van der Waals surface area contributed by atoms with E-state index in [9.17, 15) is 10.1 Å². The third-order valence-electron chi connectivity index (χ3n) is 1.65. The number of terminal acetylenes is 1. The molecule has 0 saturated heterocycles. The van der Waals surface area contributed by atoms with Crippen LogP contribution >= 0.6 is 0 Å². The minimum absolute atomic E-state index is 0.176. The number of nitrogens with zero attached hydrogens (tertiary/aromatic N) is 3. The van der Waals surface area contributed by atoms with E-state index in [1.807, 2.05) is 0 Å². The number of imidazole rings is 1. The molecule has 6 nitrogen and oxygen atoms in total. The quantitative estimate of drug-likeness (QED) is 0.332. The Hall–Kier alpha value is -2.03. The molecule has 0 fully saturated rings. The molecule has 0 saturated carbocycles. The molecule has 74 valence electrons. The molecule has 6 heteroatoms. The van der Waals surface area contributed by atoms with Crippen molar-refractivity contribution in [3.8, 4) is 12.3 Å². The smallest absolute Gasteiger partial charge is 0.363 e. The molecule has 0 aliphatic carbocycles. The van der Waals surface area contributed by atoms with Crippen molar-refractivity contribution in [2.75, 3.05) is 11.9 Å². The van der Waals surface area contributed by atoms with Crippen LogP contribution in [0, 0.1) is 22.5 Å². The van der Waals surface area contributed by atoms with Gasteiger partial charge in [-0.05, 0) is 9.91 Å². The number of anilines is 1. The molecule has 1 aromatic heterocycles. The summed E-state index contributed by atoms with van der Waals surface area (Å²) in [6.45, 7) is 0.497. The maximum absolute atomic E-state index is 10.5. The second-order valence-electron chi connectivity index (χ2n) is 2.67. The maximum Gasteiger partial charge on any atom is 0.406 e. The zero-order valence-corrected chi connectivity index (χ0v) is 7.73. The lowest BCUT2D eigenvalue weighted by molar-refractivity contribution is -0.388. The number of hydrogen-bond acceptors (Lipinski definition) is 4. The molecular formula is C8H10N4O2. The van der Waals surface area contributed by atoms with Gasteiger partial charge in [0.15, 0.2) is 0 Å². The molecule has 1 N–H and O–H groups in total. The van der Waals surface area contributed by atoms with Crippen molar-refractivity contribution in [2.45, 2.75) is 6.42 Å². The highest BCUT2D eigenvalue weighted by Crippen LogP contribution is 2.20. The Morgan fingerprint density at radius 1 is 1.86 bits per heavy atom. The summed E-state index contributed by atoms with van der Waals surface area (Å²) < 4.78 is 1.55. The predicted octanol–water partition coefficient (Wildman–Crippen LogP) is 0.763. The van der Waals surface area contributed by atoms with Crippen molar-refractivity contribution in [3.05, 3.63) is 16.4 Å². The molecule has 0 unspecified atom stereocenters. The molecule has 0 aliphatic heterocycles. The molecule has 14 heavy (non-hydrogen) atoms. The lowest BCUT2D eigenvalue weighted by atomic mass is 10.4. The number of nitrogens with one attached hydrogen (secondary N) is 1. The highest BCUT2D eigenvalue weighted by molar-refractivity contribution is 5.51. The zero-order chi connectivity index (χ0) is 10.6. The minimum atomic E-state index is -0.530. The van der Waals surface area contributed by atoms with E-state index in [1.54, 1.807) is 11.6 Å². The molecule has 0 aliphatic rings. The van der Waals surface area contributed by atoms with Crippen LogP contribution in [0.15, 0.2) is 6.33 Å². The largest absolute Gasteiger partial charge is 0.406 e. The Bertz CT molecular complexity index is 377. The number of aryl methyl sites for hydroxylation is 1. The predicted molar refractivity (Wildman–Crippen MR) is 51.8 cm³/mol. The second kappa shape index (κ2) is 4.28. The summed E-state index contributed by atoms with van der Waals surface area (Å²) in [5, 5.41) is 13.4. The van der Waals surface area contributed by atoms with Crippen LogP contribution in [0.5, 0.6) is 0 Å². The summed E-state index contributed by atoms with van der Waals surface area (Å²) in [5.74, 6) is 2.64. The molecule has 1 rings (SSSR count). The summed E-state index contributed by atoms with van der Waals surface area (Å²) in [6, 6.07) is 0. The molecule has 0 atom stereocenters. The first-order valence-electron chi connectivity index (χ1n) is 4.00. The summed E-state index contributed by atoms with van der Waals surface area (Å²) in [4.78, 5) is 13.6.